The van der Waals surface area contributed by atoms with E-state index in [2.05, 4.69) is 101 Å². The molecule has 0 spiro atoms. The van der Waals surface area contributed by atoms with Gasteiger partial charge in [0.15, 0.2) is 0 Å². The number of aromatic nitrogens is 2. The molecule has 3 heteroatoms. The summed E-state index contributed by atoms with van der Waals surface area (Å²) in [7, 11) is 0. The second kappa shape index (κ2) is 6.66. The third-order valence-electron chi connectivity index (χ3n) is 7.03. The van der Waals surface area contributed by atoms with Gasteiger partial charge in [0, 0.05) is 37.8 Å². The van der Waals surface area contributed by atoms with E-state index < -0.39 is 0 Å². The van der Waals surface area contributed by atoms with Crippen molar-refractivity contribution in [1.82, 2.24) is 9.55 Å². The number of nitrogens with zero attached hydrogens (tertiary/aromatic N) is 2. The lowest BCUT2D eigenvalue weighted by atomic mass is 9.98. The summed E-state index contributed by atoms with van der Waals surface area (Å²) < 4.78 is 5.10. The second-order valence-corrected chi connectivity index (χ2v) is 9.85. The van der Waals surface area contributed by atoms with Crippen LogP contribution in [-0.4, -0.2) is 9.55 Å². The Morgan fingerprint density at radius 2 is 1.29 bits per heavy atom. The zero-order valence-electron chi connectivity index (χ0n) is 18.2. The predicted molar refractivity (Wildman–Crippen MR) is 146 cm³/mol. The van der Waals surface area contributed by atoms with E-state index in [9.17, 15) is 0 Å². The minimum Gasteiger partial charge on any atom is -0.306 e. The van der Waals surface area contributed by atoms with Crippen molar-refractivity contribution >= 4 is 74.9 Å². The molecule has 158 valence electrons. The first kappa shape index (κ1) is 18.2. The number of fused-ring (bicyclic) bond motifs is 12. The maximum absolute atomic E-state index is 4.50. The smallest absolute Gasteiger partial charge is 0.0727 e. The van der Waals surface area contributed by atoms with Crippen molar-refractivity contribution in [2.45, 2.75) is 0 Å². The minimum absolute atomic E-state index is 1.09. The molecule has 3 heterocycles. The molecule has 0 aliphatic carbocycles. The summed E-state index contributed by atoms with van der Waals surface area (Å²) in [6.45, 7) is 0. The largest absolute Gasteiger partial charge is 0.306 e. The van der Waals surface area contributed by atoms with Crippen LogP contribution in [0.2, 0.25) is 0 Å². The van der Waals surface area contributed by atoms with Crippen LogP contribution in [0.5, 0.6) is 0 Å². The van der Waals surface area contributed by atoms with E-state index in [0.29, 0.717) is 0 Å². The highest BCUT2D eigenvalue weighted by Gasteiger charge is 2.22. The van der Waals surface area contributed by atoms with Gasteiger partial charge in [-0.05, 0) is 34.4 Å². The average molecular weight is 451 g/mol. The molecule has 0 aliphatic rings. The lowest BCUT2D eigenvalue weighted by Crippen LogP contribution is -1.95. The highest BCUT2D eigenvalue weighted by molar-refractivity contribution is 7.27. The van der Waals surface area contributed by atoms with Gasteiger partial charge in [-0.1, -0.05) is 78.9 Å². The van der Waals surface area contributed by atoms with Gasteiger partial charge in [-0.15, -0.1) is 11.3 Å². The number of hydrogen-bond acceptors (Lipinski definition) is 2. The first-order chi connectivity index (χ1) is 16.9. The summed E-state index contributed by atoms with van der Waals surface area (Å²) in [5, 5.41) is 10.4. The number of benzene rings is 5. The Balaban J connectivity index is 1.79. The fraction of sp³-hybridized carbons (Fsp3) is 0. The Labute approximate surface area is 199 Å². The second-order valence-electron chi connectivity index (χ2n) is 8.80. The highest BCUT2D eigenvalue weighted by Crippen LogP contribution is 2.48. The summed E-state index contributed by atoms with van der Waals surface area (Å²) >= 11 is 1.89. The van der Waals surface area contributed by atoms with E-state index in [1.165, 1.54) is 63.5 Å². The molecule has 34 heavy (non-hydrogen) atoms. The fourth-order valence-corrected chi connectivity index (χ4v) is 6.94. The van der Waals surface area contributed by atoms with Crippen LogP contribution in [0.25, 0.3) is 69.2 Å². The molecular formula is C31H18N2S. The van der Waals surface area contributed by atoms with E-state index in [1.54, 1.807) is 0 Å². The number of hydrogen-bond donors (Lipinski definition) is 0. The van der Waals surface area contributed by atoms with Gasteiger partial charge in [0.05, 0.1) is 27.6 Å². The number of thiophene rings is 1. The monoisotopic (exact) mass is 450 g/mol. The summed E-state index contributed by atoms with van der Waals surface area (Å²) in [4.78, 5) is 4.50. The van der Waals surface area contributed by atoms with Gasteiger partial charge in [-0.25, -0.2) is 0 Å². The zero-order chi connectivity index (χ0) is 22.2. The summed E-state index contributed by atoms with van der Waals surface area (Å²) in [6.07, 6.45) is 3.83. The van der Waals surface area contributed by atoms with Gasteiger partial charge < -0.3 is 4.57 Å². The Bertz CT molecular complexity index is 2060. The molecule has 8 rings (SSSR count). The average Bonchev–Trinajstić information content (AvgIpc) is 3.46. The topological polar surface area (TPSA) is 17.8 Å². The molecule has 0 saturated carbocycles. The third-order valence-corrected chi connectivity index (χ3v) is 8.21. The van der Waals surface area contributed by atoms with E-state index >= 15 is 0 Å². The van der Waals surface area contributed by atoms with Crippen molar-refractivity contribution < 1.29 is 0 Å². The number of pyridine rings is 1. The molecule has 3 aromatic heterocycles. The molecule has 0 amide bonds. The molecule has 0 N–H and O–H groups in total. The molecule has 0 bridgehead atoms. The van der Waals surface area contributed by atoms with Crippen molar-refractivity contribution in [3.63, 3.8) is 0 Å². The van der Waals surface area contributed by atoms with Crippen molar-refractivity contribution in [2.75, 3.05) is 0 Å². The standard InChI is InChI=1S/C31H18N2S/c1-2-10-21-19(8-1)15-16-25-27-22-11-3-4-12-23(22)28-24-13-5-6-14-26(24)34-31(28)30(27)33(29(21)25)20-9-7-17-32-18-20/h1-18H. The maximum atomic E-state index is 4.50. The van der Waals surface area contributed by atoms with Crippen LogP contribution in [0.3, 0.4) is 0 Å². The Kier molecular flexibility index (Phi) is 3.57. The summed E-state index contributed by atoms with van der Waals surface area (Å²) in [5.41, 5.74) is 3.61. The molecule has 8 aromatic rings. The SMILES string of the molecule is c1cncc(-n2c3c4ccccc4ccc3c3c4ccccc4c4c5ccccc5sc4c32)c1. The molecular weight excluding hydrogens is 432 g/mol. The van der Waals surface area contributed by atoms with E-state index in [-0.39, 0.29) is 0 Å². The Morgan fingerprint density at radius 3 is 2.12 bits per heavy atom. The lowest BCUT2D eigenvalue weighted by molar-refractivity contribution is 1.15. The third kappa shape index (κ3) is 2.27. The summed E-state index contributed by atoms with van der Waals surface area (Å²) in [5.74, 6) is 0. The zero-order valence-corrected chi connectivity index (χ0v) is 19.0. The van der Waals surface area contributed by atoms with Gasteiger partial charge in [0.1, 0.15) is 0 Å². The lowest BCUT2D eigenvalue weighted by Gasteiger charge is -2.10. The maximum Gasteiger partial charge on any atom is 0.0727 e. The Morgan fingerprint density at radius 1 is 0.559 bits per heavy atom. The van der Waals surface area contributed by atoms with Gasteiger partial charge in [-0.3, -0.25) is 4.98 Å². The van der Waals surface area contributed by atoms with Crippen LogP contribution >= 0.6 is 11.3 Å². The first-order valence-electron chi connectivity index (χ1n) is 11.5. The van der Waals surface area contributed by atoms with Crippen molar-refractivity contribution in [3.8, 4) is 5.69 Å². The van der Waals surface area contributed by atoms with E-state index in [0.717, 1.165) is 5.69 Å². The van der Waals surface area contributed by atoms with Crippen LogP contribution in [0.1, 0.15) is 0 Å². The van der Waals surface area contributed by atoms with Crippen LogP contribution in [-0.2, 0) is 0 Å². The molecule has 0 radical (unpaired) electrons. The van der Waals surface area contributed by atoms with Crippen molar-refractivity contribution in [2.24, 2.45) is 0 Å². The molecule has 0 aliphatic heterocycles. The minimum atomic E-state index is 1.09. The molecule has 0 atom stereocenters. The van der Waals surface area contributed by atoms with E-state index in [1.807, 2.05) is 29.8 Å². The van der Waals surface area contributed by atoms with Crippen LogP contribution in [0, 0.1) is 0 Å². The predicted octanol–water partition coefficient (Wildman–Crippen LogP) is 8.85. The van der Waals surface area contributed by atoms with Crippen LogP contribution in [0.4, 0.5) is 0 Å². The first-order valence-corrected chi connectivity index (χ1v) is 12.3. The fourth-order valence-electron chi connectivity index (χ4n) is 5.68. The highest BCUT2D eigenvalue weighted by atomic mass is 32.1. The molecule has 5 aromatic carbocycles. The summed E-state index contributed by atoms with van der Waals surface area (Å²) in [6, 6.07) is 35.1. The van der Waals surface area contributed by atoms with Crippen molar-refractivity contribution in [3.05, 3.63) is 109 Å². The molecule has 0 unspecified atom stereocenters. The van der Waals surface area contributed by atoms with Crippen LogP contribution < -0.4 is 0 Å². The number of rotatable bonds is 1. The van der Waals surface area contributed by atoms with E-state index in [4.69, 9.17) is 0 Å². The quantitative estimate of drug-likeness (QED) is 0.244. The Hall–Kier alpha value is -4.21. The van der Waals surface area contributed by atoms with Gasteiger partial charge in [-0.2, -0.15) is 0 Å². The van der Waals surface area contributed by atoms with Crippen molar-refractivity contribution in [1.29, 1.82) is 0 Å². The van der Waals surface area contributed by atoms with Gasteiger partial charge in [0.25, 0.3) is 0 Å². The molecule has 0 saturated heterocycles. The van der Waals surface area contributed by atoms with Gasteiger partial charge in [0.2, 0.25) is 0 Å². The van der Waals surface area contributed by atoms with Crippen LogP contribution in [0.15, 0.2) is 109 Å². The normalized spacial score (nSPS) is 12.1. The molecule has 2 nitrogen and oxygen atoms in total. The molecule has 0 fully saturated rings. The van der Waals surface area contributed by atoms with Gasteiger partial charge >= 0.3 is 0 Å².